The summed E-state index contributed by atoms with van der Waals surface area (Å²) in [6.07, 6.45) is 3.57. The van der Waals surface area contributed by atoms with Crippen molar-refractivity contribution in [2.75, 3.05) is 18.0 Å². The number of nitrogens with one attached hydrogen (secondary N) is 1. The summed E-state index contributed by atoms with van der Waals surface area (Å²) in [7, 11) is 0. The van der Waals surface area contributed by atoms with E-state index in [4.69, 9.17) is 0 Å². The Bertz CT molecular complexity index is 489. The first-order valence-electron chi connectivity index (χ1n) is 7.56. The maximum absolute atomic E-state index is 9.54. The molecule has 1 aliphatic rings. The average Bonchev–Trinajstić information content (AvgIpc) is 2.61. The van der Waals surface area contributed by atoms with Gasteiger partial charge in [0.25, 0.3) is 0 Å². The zero-order valence-corrected chi connectivity index (χ0v) is 12.8. The van der Waals surface area contributed by atoms with Crippen LogP contribution in [0.1, 0.15) is 39.2 Å². The monoisotopic (exact) mass is 271 g/mol. The summed E-state index contributed by atoms with van der Waals surface area (Å²) in [6, 6.07) is 11.4. The SMILES string of the molecule is CC(C)NC(C)(C#N)CN1CCCCc2ccccc21. The van der Waals surface area contributed by atoms with Crippen LogP contribution in [0.5, 0.6) is 0 Å². The second-order valence-corrected chi connectivity index (χ2v) is 6.25. The number of nitriles is 1. The highest BCUT2D eigenvalue weighted by atomic mass is 15.2. The highest BCUT2D eigenvalue weighted by Gasteiger charge is 2.29. The fraction of sp³-hybridized carbons (Fsp3) is 0.588. The lowest BCUT2D eigenvalue weighted by molar-refractivity contribution is 0.402. The highest BCUT2D eigenvalue weighted by Crippen LogP contribution is 2.27. The van der Waals surface area contributed by atoms with E-state index in [-0.39, 0.29) is 0 Å². The molecule has 0 spiro atoms. The van der Waals surface area contributed by atoms with Gasteiger partial charge in [-0.05, 0) is 51.7 Å². The predicted octanol–water partition coefficient (Wildman–Crippen LogP) is 3.11. The number of para-hydroxylation sites is 1. The largest absolute Gasteiger partial charge is 0.368 e. The molecule has 1 aliphatic heterocycles. The van der Waals surface area contributed by atoms with E-state index < -0.39 is 5.54 Å². The van der Waals surface area contributed by atoms with Crippen molar-refractivity contribution in [1.29, 1.82) is 5.26 Å². The fourth-order valence-corrected chi connectivity index (χ4v) is 3.07. The molecule has 20 heavy (non-hydrogen) atoms. The molecule has 108 valence electrons. The number of aryl methyl sites for hydroxylation is 1. The molecule has 3 heteroatoms. The molecule has 0 saturated carbocycles. The minimum atomic E-state index is -0.508. The summed E-state index contributed by atoms with van der Waals surface area (Å²) in [5, 5.41) is 12.9. The average molecular weight is 271 g/mol. The van der Waals surface area contributed by atoms with E-state index in [2.05, 4.69) is 54.4 Å². The van der Waals surface area contributed by atoms with Gasteiger partial charge in [-0.3, -0.25) is 5.32 Å². The van der Waals surface area contributed by atoms with Crippen molar-refractivity contribution in [1.82, 2.24) is 5.32 Å². The number of rotatable bonds is 4. The van der Waals surface area contributed by atoms with E-state index in [0.29, 0.717) is 6.04 Å². The minimum absolute atomic E-state index is 0.307. The molecule has 0 amide bonds. The van der Waals surface area contributed by atoms with Gasteiger partial charge in [0.2, 0.25) is 0 Å². The summed E-state index contributed by atoms with van der Waals surface area (Å²) < 4.78 is 0. The molecule has 0 saturated heterocycles. The molecule has 0 radical (unpaired) electrons. The molecule has 1 aromatic carbocycles. The van der Waals surface area contributed by atoms with Crippen molar-refractivity contribution in [2.45, 2.75) is 51.6 Å². The first kappa shape index (κ1) is 14.9. The number of hydrogen-bond donors (Lipinski definition) is 1. The number of hydrogen-bond acceptors (Lipinski definition) is 3. The van der Waals surface area contributed by atoms with Crippen molar-refractivity contribution < 1.29 is 0 Å². The van der Waals surface area contributed by atoms with Crippen LogP contribution in [-0.2, 0) is 6.42 Å². The fourth-order valence-electron chi connectivity index (χ4n) is 3.07. The van der Waals surface area contributed by atoms with Gasteiger partial charge in [-0.25, -0.2) is 0 Å². The number of fused-ring (bicyclic) bond motifs is 1. The van der Waals surface area contributed by atoms with Crippen molar-refractivity contribution in [2.24, 2.45) is 0 Å². The van der Waals surface area contributed by atoms with Gasteiger partial charge in [0, 0.05) is 24.8 Å². The van der Waals surface area contributed by atoms with Crippen molar-refractivity contribution >= 4 is 5.69 Å². The molecular weight excluding hydrogens is 246 g/mol. The number of anilines is 1. The van der Waals surface area contributed by atoms with Crippen LogP contribution in [0.25, 0.3) is 0 Å². The van der Waals surface area contributed by atoms with E-state index >= 15 is 0 Å². The van der Waals surface area contributed by atoms with Crippen LogP contribution < -0.4 is 10.2 Å². The van der Waals surface area contributed by atoms with E-state index in [1.165, 1.54) is 24.1 Å². The quantitative estimate of drug-likeness (QED) is 0.914. The normalized spacial score (nSPS) is 18.1. The predicted molar refractivity (Wildman–Crippen MR) is 83.9 cm³/mol. The molecule has 1 heterocycles. The van der Waals surface area contributed by atoms with Crippen molar-refractivity contribution in [3.8, 4) is 6.07 Å². The first-order valence-corrected chi connectivity index (χ1v) is 7.56. The van der Waals surface area contributed by atoms with Crippen LogP contribution in [0.15, 0.2) is 24.3 Å². The van der Waals surface area contributed by atoms with Crippen LogP contribution in [0, 0.1) is 11.3 Å². The highest BCUT2D eigenvalue weighted by molar-refractivity contribution is 5.55. The topological polar surface area (TPSA) is 39.1 Å². The summed E-state index contributed by atoms with van der Waals surface area (Å²) in [5.74, 6) is 0. The maximum atomic E-state index is 9.54. The Balaban J connectivity index is 2.22. The van der Waals surface area contributed by atoms with E-state index in [1.807, 2.05) is 6.92 Å². The van der Waals surface area contributed by atoms with Crippen LogP contribution >= 0.6 is 0 Å². The molecule has 0 fully saturated rings. The molecule has 2 rings (SSSR count). The van der Waals surface area contributed by atoms with E-state index in [1.54, 1.807) is 0 Å². The zero-order chi connectivity index (χ0) is 14.6. The Morgan fingerprint density at radius 2 is 2.10 bits per heavy atom. The summed E-state index contributed by atoms with van der Waals surface area (Å²) in [4.78, 5) is 2.38. The lowest BCUT2D eigenvalue weighted by Crippen LogP contribution is -2.53. The second-order valence-electron chi connectivity index (χ2n) is 6.25. The van der Waals surface area contributed by atoms with Crippen LogP contribution in [0.3, 0.4) is 0 Å². The zero-order valence-electron chi connectivity index (χ0n) is 12.8. The van der Waals surface area contributed by atoms with Crippen LogP contribution in [-0.4, -0.2) is 24.7 Å². The third kappa shape index (κ3) is 3.52. The Kier molecular flexibility index (Phi) is 4.67. The lowest BCUT2D eigenvalue weighted by Gasteiger charge is -2.34. The Labute approximate surface area is 122 Å². The van der Waals surface area contributed by atoms with Gasteiger partial charge in [0.05, 0.1) is 6.07 Å². The van der Waals surface area contributed by atoms with E-state index in [9.17, 15) is 5.26 Å². The molecule has 1 atom stereocenters. The van der Waals surface area contributed by atoms with Crippen LogP contribution in [0.4, 0.5) is 5.69 Å². The molecule has 0 bridgehead atoms. The number of benzene rings is 1. The second kappa shape index (κ2) is 6.28. The molecular formula is C17H25N3. The van der Waals surface area contributed by atoms with Gasteiger partial charge in [0.1, 0.15) is 5.54 Å². The van der Waals surface area contributed by atoms with Gasteiger partial charge >= 0.3 is 0 Å². The summed E-state index contributed by atoms with van der Waals surface area (Å²) in [6.45, 7) is 7.95. The van der Waals surface area contributed by atoms with Crippen LogP contribution in [0.2, 0.25) is 0 Å². The molecule has 1 aromatic rings. The van der Waals surface area contributed by atoms with Crippen molar-refractivity contribution in [3.05, 3.63) is 29.8 Å². The van der Waals surface area contributed by atoms with Gasteiger partial charge in [-0.1, -0.05) is 18.2 Å². The Hall–Kier alpha value is -1.53. The van der Waals surface area contributed by atoms with Crippen molar-refractivity contribution in [3.63, 3.8) is 0 Å². The lowest BCUT2D eigenvalue weighted by atomic mass is 10.0. The van der Waals surface area contributed by atoms with Gasteiger partial charge in [0.15, 0.2) is 0 Å². The third-order valence-corrected chi connectivity index (χ3v) is 3.82. The Morgan fingerprint density at radius 1 is 1.35 bits per heavy atom. The molecule has 3 nitrogen and oxygen atoms in total. The molecule has 0 aromatic heterocycles. The molecule has 0 aliphatic carbocycles. The number of nitrogens with zero attached hydrogens (tertiary/aromatic N) is 2. The Morgan fingerprint density at radius 3 is 2.80 bits per heavy atom. The minimum Gasteiger partial charge on any atom is -0.368 e. The van der Waals surface area contributed by atoms with Gasteiger partial charge in [-0.15, -0.1) is 0 Å². The van der Waals surface area contributed by atoms with Gasteiger partial charge < -0.3 is 4.90 Å². The summed E-state index contributed by atoms with van der Waals surface area (Å²) >= 11 is 0. The third-order valence-electron chi connectivity index (χ3n) is 3.82. The smallest absolute Gasteiger partial charge is 0.121 e. The standard InChI is InChI=1S/C17H25N3/c1-14(2)19-17(3,12-18)13-20-11-7-6-9-15-8-4-5-10-16(15)20/h4-5,8,10,14,19H,6-7,9,11,13H2,1-3H3. The van der Waals surface area contributed by atoms with E-state index in [0.717, 1.165) is 19.5 Å². The first-order chi connectivity index (χ1) is 9.54. The summed E-state index contributed by atoms with van der Waals surface area (Å²) in [5.41, 5.74) is 2.21. The van der Waals surface area contributed by atoms with Gasteiger partial charge in [-0.2, -0.15) is 5.26 Å². The molecule has 1 N–H and O–H groups in total. The molecule has 1 unspecified atom stereocenters. The maximum Gasteiger partial charge on any atom is 0.121 e.